The van der Waals surface area contributed by atoms with E-state index in [0.29, 0.717) is 13.2 Å². The molecule has 1 fully saturated rings. The summed E-state index contributed by atoms with van der Waals surface area (Å²) in [4.78, 5) is 2.26. The van der Waals surface area contributed by atoms with Crippen LogP contribution in [-0.2, 0) is 11.3 Å². The minimum absolute atomic E-state index is 0.116. The number of morpholine rings is 1. The summed E-state index contributed by atoms with van der Waals surface area (Å²) in [5, 5.41) is 7.41. The molecule has 0 spiro atoms. The van der Waals surface area contributed by atoms with Gasteiger partial charge in [0.05, 0.1) is 6.61 Å². The lowest BCUT2D eigenvalue weighted by molar-refractivity contribution is 0.00236. The average Bonchev–Trinajstić information content (AvgIpc) is 2.32. The van der Waals surface area contributed by atoms with Gasteiger partial charge in [-0.3, -0.25) is 10.3 Å². The van der Waals surface area contributed by atoms with Crippen molar-refractivity contribution in [3.63, 3.8) is 0 Å². The standard InChI is InChI=1S/C12H16BrN3O/c13-10-3-1-9(2-4-10)7-16-5-6-17-11(8-16)12(14)15/h1-4,11H,5-8H2,(H3,14,15). The lowest BCUT2D eigenvalue weighted by Gasteiger charge is -2.32. The molecule has 0 radical (unpaired) electrons. The van der Waals surface area contributed by atoms with Gasteiger partial charge in [-0.25, -0.2) is 0 Å². The minimum atomic E-state index is -0.251. The molecule has 0 bridgehead atoms. The van der Waals surface area contributed by atoms with Crippen molar-refractivity contribution in [2.45, 2.75) is 12.6 Å². The molecule has 0 amide bonds. The van der Waals surface area contributed by atoms with Crippen LogP contribution in [0.1, 0.15) is 5.56 Å². The van der Waals surface area contributed by atoms with Crippen molar-refractivity contribution in [1.82, 2.24) is 4.90 Å². The van der Waals surface area contributed by atoms with Gasteiger partial charge < -0.3 is 10.5 Å². The molecule has 0 aliphatic carbocycles. The van der Waals surface area contributed by atoms with Crippen molar-refractivity contribution in [3.8, 4) is 0 Å². The van der Waals surface area contributed by atoms with E-state index >= 15 is 0 Å². The van der Waals surface area contributed by atoms with Crippen LogP contribution in [0.4, 0.5) is 0 Å². The van der Waals surface area contributed by atoms with Gasteiger partial charge in [-0.15, -0.1) is 0 Å². The summed E-state index contributed by atoms with van der Waals surface area (Å²) >= 11 is 3.42. The summed E-state index contributed by atoms with van der Waals surface area (Å²) in [6, 6.07) is 8.28. The second-order valence-electron chi connectivity index (χ2n) is 4.18. The predicted octanol–water partition coefficient (Wildman–Crippen LogP) is 1.59. The number of amidine groups is 1. The summed E-state index contributed by atoms with van der Waals surface area (Å²) in [6.45, 7) is 3.10. The summed E-state index contributed by atoms with van der Waals surface area (Å²) in [5.74, 6) is 0.116. The molecule has 5 heteroatoms. The molecule has 4 nitrogen and oxygen atoms in total. The van der Waals surface area contributed by atoms with Crippen LogP contribution in [0.15, 0.2) is 28.7 Å². The van der Waals surface area contributed by atoms with E-state index in [1.165, 1.54) is 5.56 Å². The Morgan fingerprint density at radius 1 is 1.47 bits per heavy atom. The Bertz CT molecular complexity index is 393. The van der Waals surface area contributed by atoms with Crippen LogP contribution in [-0.4, -0.2) is 36.5 Å². The van der Waals surface area contributed by atoms with Crippen LogP contribution >= 0.6 is 15.9 Å². The van der Waals surface area contributed by atoms with Gasteiger partial charge in [-0.2, -0.15) is 0 Å². The first-order valence-electron chi connectivity index (χ1n) is 5.57. The number of hydrogen-bond donors (Lipinski definition) is 2. The molecule has 1 aliphatic rings. The highest BCUT2D eigenvalue weighted by Crippen LogP contribution is 2.14. The largest absolute Gasteiger partial charge is 0.385 e. The molecule has 1 aliphatic heterocycles. The van der Waals surface area contributed by atoms with Gasteiger partial charge in [0.1, 0.15) is 11.9 Å². The van der Waals surface area contributed by atoms with Crippen LogP contribution in [0.5, 0.6) is 0 Å². The summed E-state index contributed by atoms with van der Waals surface area (Å²) in [5.41, 5.74) is 6.73. The van der Waals surface area contributed by atoms with Gasteiger partial charge in [0.15, 0.2) is 0 Å². The lowest BCUT2D eigenvalue weighted by atomic mass is 10.2. The molecule has 17 heavy (non-hydrogen) atoms. The number of ether oxygens (including phenoxy) is 1. The normalized spacial score (nSPS) is 21.4. The van der Waals surface area contributed by atoms with E-state index in [-0.39, 0.29) is 11.9 Å². The summed E-state index contributed by atoms with van der Waals surface area (Å²) in [6.07, 6.45) is -0.251. The van der Waals surface area contributed by atoms with E-state index in [2.05, 4.69) is 33.0 Å². The van der Waals surface area contributed by atoms with Crippen LogP contribution < -0.4 is 5.73 Å². The topological polar surface area (TPSA) is 62.3 Å². The maximum Gasteiger partial charge on any atom is 0.127 e. The molecule has 1 heterocycles. The molecule has 1 unspecified atom stereocenters. The highest BCUT2D eigenvalue weighted by atomic mass is 79.9. The predicted molar refractivity (Wildman–Crippen MR) is 71.1 cm³/mol. The van der Waals surface area contributed by atoms with E-state index < -0.39 is 0 Å². The molecule has 0 saturated carbocycles. The van der Waals surface area contributed by atoms with Crippen molar-refractivity contribution < 1.29 is 4.74 Å². The Morgan fingerprint density at radius 3 is 2.82 bits per heavy atom. The number of nitrogens with two attached hydrogens (primary N) is 1. The third kappa shape index (κ3) is 3.52. The van der Waals surface area contributed by atoms with Crippen molar-refractivity contribution >= 4 is 21.8 Å². The van der Waals surface area contributed by atoms with Crippen LogP contribution in [0.2, 0.25) is 0 Å². The smallest absolute Gasteiger partial charge is 0.127 e. The van der Waals surface area contributed by atoms with Gasteiger partial charge in [0.2, 0.25) is 0 Å². The Kier molecular flexibility index (Phi) is 4.15. The number of nitrogens with zero attached hydrogens (tertiary/aromatic N) is 1. The third-order valence-corrected chi connectivity index (χ3v) is 3.35. The zero-order valence-electron chi connectivity index (χ0n) is 9.53. The Hall–Kier alpha value is -0.910. The molecule has 1 aromatic rings. The minimum Gasteiger partial charge on any atom is -0.385 e. The summed E-state index contributed by atoms with van der Waals surface area (Å²) in [7, 11) is 0. The second-order valence-corrected chi connectivity index (χ2v) is 5.09. The second kappa shape index (κ2) is 5.62. The van der Waals surface area contributed by atoms with Crippen LogP contribution in [0, 0.1) is 5.41 Å². The first-order chi connectivity index (χ1) is 8.15. The number of halogens is 1. The van der Waals surface area contributed by atoms with Crippen molar-refractivity contribution in [2.24, 2.45) is 5.73 Å². The molecular formula is C12H16BrN3O. The van der Waals surface area contributed by atoms with Gasteiger partial charge in [-0.05, 0) is 17.7 Å². The van der Waals surface area contributed by atoms with Crippen molar-refractivity contribution in [1.29, 1.82) is 5.41 Å². The van der Waals surface area contributed by atoms with Crippen LogP contribution in [0.25, 0.3) is 0 Å². The SMILES string of the molecule is N=C(N)C1CN(Cc2ccc(Br)cc2)CCO1. The van der Waals surface area contributed by atoms with E-state index in [0.717, 1.165) is 17.6 Å². The number of rotatable bonds is 3. The molecule has 2 rings (SSSR count). The molecule has 1 aromatic carbocycles. The van der Waals surface area contributed by atoms with Gasteiger partial charge in [0.25, 0.3) is 0 Å². The van der Waals surface area contributed by atoms with E-state index in [4.69, 9.17) is 15.9 Å². The fourth-order valence-corrected chi connectivity index (χ4v) is 2.15. The quantitative estimate of drug-likeness (QED) is 0.658. The van der Waals surface area contributed by atoms with E-state index in [1.54, 1.807) is 0 Å². The first-order valence-corrected chi connectivity index (χ1v) is 6.37. The van der Waals surface area contributed by atoms with Gasteiger partial charge in [-0.1, -0.05) is 28.1 Å². The number of benzene rings is 1. The maximum absolute atomic E-state index is 7.41. The fraction of sp³-hybridized carbons (Fsp3) is 0.417. The van der Waals surface area contributed by atoms with Crippen LogP contribution in [0.3, 0.4) is 0 Å². The molecule has 92 valence electrons. The fourth-order valence-electron chi connectivity index (χ4n) is 1.88. The molecule has 3 N–H and O–H groups in total. The molecule has 0 aromatic heterocycles. The Balaban J connectivity index is 1.94. The Labute approximate surface area is 109 Å². The van der Waals surface area contributed by atoms with Crippen molar-refractivity contribution in [2.75, 3.05) is 19.7 Å². The molecular weight excluding hydrogens is 282 g/mol. The van der Waals surface area contributed by atoms with Gasteiger partial charge in [0, 0.05) is 24.1 Å². The number of hydrogen-bond acceptors (Lipinski definition) is 3. The third-order valence-electron chi connectivity index (χ3n) is 2.82. The summed E-state index contributed by atoms with van der Waals surface area (Å²) < 4.78 is 6.52. The Morgan fingerprint density at radius 2 is 2.18 bits per heavy atom. The van der Waals surface area contributed by atoms with Crippen molar-refractivity contribution in [3.05, 3.63) is 34.3 Å². The highest BCUT2D eigenvalue weighted by Gasteiger charge is 2.22. The van der Waals surface area contributed by atoms with E-state index in [9.17, 15) is 0 Å². The van der Waals surface area contributed by atoms with Gasteiger partial charge >= 0.3 is 0 Å². The average molecular weight is 298 g/mol. The number of nitrogens with one attached hydrogen (secondary N) is 1. The lowest BCUT2D eigenvalue weighted by Crippen LogP contribution is -2.47. The zero-order valence-corrected chi connectivity index (χ0v) is 11.1. The highest BCUT2D eigenvalue weighted by molar-refractivity contribution is 9.10. The monoisotopic (exact) mass is 297 g/mol. The zero-order chi connectivity index (χ0) is 12.3. The molecule has 1 saturated heterocycles. The first kappa shape index (κ1) is 12.5. The van der Waals surface area contributed by atoms with E-state index in [1.807, 2.05) is 12.1 Å². The maximum atomic E-state index is 7.41. The molecule has 1 atom stereocenters.